The SMILES string of the molecule is O=C(Oc1ccc(N2CCCC2=O)cc1)c1cc([N+](=O)[O-])ccc1N1CCCC1. The maximum absolute atomic E-state index is 12.8. The van der Waals surface area contributed by atoms with Gasteiger partial charge in [0.1, 0.15) is 5.75 Å². The van der Waals surface area contributed by atoms with Crippen LogP contribution in [0.5, 0.6) is 5.75 Å². The highest BCUT2D eigenvalue weighted by Gasteiger charge is 2.25. The van der Waals surface area contributed by atoms with E-state index in [2.05, 4.69) is 0 Å². The summed E-state index contributed by atoms with van der Waals surface area (Å²) in [6.07, 6.45) is 3.41. The molecule has 0 N–H and O–H groups in total. The summed E-state index contributed by atoms with van der Waals surface area (Å²) in [5.41, 5.74) is 1.44. The van der Waals surface area contributed by atoms with Crippen molar-refractivity contribution in [3.8, 4) is 5.75 Å². The highest BCUT2D eigenvalue weighted by molar-refractivity contribution is 5.98. The molecule has 1 amide bonds. The van der Waals surface area contributed by atoms with E-state index < -0.39 is 10.9 Å². The number of ether oxygens (including phenoxy) is 1. The summed E-state index contributed by atoms with van der Waals surface area (Å²) in [6.45, 7) is 2.29. The van der Waals surface area contributed by atoms with Gasteiger partial charge < -0.3 is 14.5 Å². The molecular weight excluding hydrogens is 374 g/mol. The quantitative estimate of drug-likeness (QED) is 0.333. The van der Waals surface area contributed by atoms with Crippen molar-refractivity contribution in [1.82, 2.24) is 0 Å². The molecule has 150 valence electrons. The number of nitrogens with zero attached hydrogens (tertiary/aromatic N) is 3. The molecule has 0 aliphatic carbocycles. The number of carbonyl (C=O) groups excluding carboxylic acids is 2. The molecule has 8 nitrogen and oxygen atoms in total. The van der Waals surface area contributed by atoms with Crippen LogP contribution in [-0.4, -0.2) is 36.4 Å². The fourth-order valence-electron chi connectivity index (χ4n) is 3.81. The lowest BCUT2D eigenvalue weighted by Crippen LogP contribution is -2.23. The van der Waals surface area contributed by atoms with E-state index in [-0.39, 0.29) is 17.2 Å². The molecule has 0 aromatic heterocycles. The van der Waals surface area contributed by atoms with Gasteiger partial charge in [0.2, 0.25) is 5.91 Å². The first-order valence-electron chi connectivity index (χ1n) is 9.69. The third kappa shape index (κ3) is 3.91. The Morgan fingerprint density at radius 2 is 1.72 bits per heavy atom. The smallest absolute Gasteiger partial charge is 0.345 e. The number of rotatable bonds is 5. The second-order valence-electron chi connectivity index (χ2n) is 7.19. The van der Waals surface area contributed by atoms with Crippen LogP contribution in [0.4, 0.5) is 17.1 Å². The summed E-state index contributed by atoms with van der Waals surface area (Å²) in [4.78, 5) is 39.1. The van der Waals surface area contributed by atoms with Gasteiger partial charge in [0, 0.05) is 43.9 Å². The van der Waals surface area contributed by atoms with E-state index in [1.165, 1.54) is 12.1 Å². The maximum atomic E-state index is 12.8. The van der Waals surface area contributed by atoms with Crippen LogP contribution < -0.4 is 14.5 Å². The largest absolute Gasteiger partial charge is 0.423 e. The van der Waals surface area contributed by atoms with E-state index in [0.717, 1.165) is 38.0 Å². The Kier molecular flexibility index (Phi) is 5.16. The van der Waals surface area contributed by atoms with Crippen molar-refractivity contribution in [2.45, 2.75) is 25.7 Å². The number of carbonyl (C=O) groups is 2. The fourth-order valence-corrected chi connectivity index (χ4v) is 3.81. The zero-order chi connectivity index (χ0) is 20.4. The van der Waals surface area contributed by atoms with E-state index in [0.29, 0.717) is 24.4 Å². The molecule has 29 heavy (non-hydrogen) atoms. The minimum atomic E-state index is -0.638. The second-order valence-corrected chi connectivity index (χ2v) is 7.19. The molecule has 4 rings (SSSR count). The molecule has 2 aliphatic heterocycles. The van der Waals surface area contributed by atoms with Crippen molar-refractivity contribution in [1.29, 1.82) is 0 Å². The topological polar surface area (TPSA) is 93.0 Å². The van der Waals surface area contributed by atoms with E-state index >= 15 is 0 Å². The van der Waals surface area contributed by atoms with Gasteiger partial charge in [-0.15, -0.1) is 0 Å². The molecule has 0 radical (unpaired) electrons. The van der Waals surface area contributed by atoms with Gasteiger partial charge in [-0.2, -0.15) is 0 Å². The van der Waals surface area contributed by atoms with Crippen molar-refractivity contribution in [2.75, 3.05) is 29.4 Å². The molecule has 2 aromatic rings. The van der Waals surface area contributed by atoms with Gasteiger partial charge in [0.25, 0.3) is 5.69 Å². The molecule has 0 unspecified atom stereocenters. The summed E-state index contributed by atoms with van der Waals surface area (Å²) in [5.74, 6) is -0.230. The Bertz CT molecular complexity index is 951. The summed E-state index contributed by atoms with van der Waals surface area (Å²) >= 11 is 0. The third-order valence-electron chi connectivity index (χ3n) is 5.29. The molecule has 0 atom stereocenters. The standard InChI is InChI=1S/C21H21N3O5/c25-20-4-3-13-23(20)15-5-8-17(9-6-15)29-21(26)18-14-16(24(27)28)7-10-19(18)22-11-1-2-12-22/h5-10,14H,1-4,11-13H2. The van der Waals surface area contributed by atoms with Crippen LogP contribution in [0.3, 0.4) is 0 Å². The fraction of sp³-hybridized carbons (Fsp3) is 0.333. The minimum absolute atomic E-state index is 0.0848. The highest BCUT2D eigenvalue weighted by Crippen LogP contribution is 2.30. The predicted octanol–water partition coefficient (Wildman–Crippen LogP) is 3.54. The predicted molar refractivity (Wildman–Crippen MR) is 108 cm³/mol. The number of amides is 1. The van der Waals surface area contributed by atoms with Crippen LogP contribution in [0, 0.1) is 10.1 Å². The lowest BCUT2D eigenvalue weighted by atomic mass is 10.1. The van der Waals surface area contributed by atoms with Crippen molar-refractivity contribution in [3.05, 3.63) is 58.1 Å². The first-order chi connectivity index (χ1) is 14.0. The van der Waals surface area contributed by atoms with Crippen LogP contribution in [0.2, 0.25) is 0 Å². The van der Waals surface area contributed by atoms with Gasteiger partial charge in [0.15, 0.2) is 0 Å². The van der Waals surface area contributed by atoms with Gasteiger partial charge in [-0.3, -0.25) is 14.9 Å². The van der Waals surface area contributed by atoms with Crippen LogP contribution in [-0.2, 0) is 4.79 Å². The van der Waals surface area contributed by atoms with E-state index in [1.807, 2.05) is 4.90 Å². The number of hydrogen-bond acceptors (Lipinski definition) is 6. The molecule has 2 aliphatic rings. The molecule has 2 saturated heterocycles. The van der Waals surface area contributed by atoms with Crippen LogP contribution >= 0.6 is 0 Å². The first kappa shape index (κ1) is 18.9. The maximum Gasteiger partial charge on any atom is 0.345 e. The van der Waals surface area contributed by atoms with Gasteiger partial charge in [-0.05, 0) is 49.6 Å². The monoisotopic (exact) mass is 395 g/mol. The Hall–Kier alpha value is -3.42. The third-order valence-corrected chi connectivity index (χ3v) is 5.29. The molecule has 2 heterocycles. The summed E-state index contributed by atoms with van der Waals surface area (Å²) in [7, 11) is 0. The number of non-ortho nitro benzene ring substituents is 1. The molecule has 0 saturated carbocycles. The van der Waals surface area contributed by atoms with Crippen molar-refractivity contribution < 1.29 is 19.2 Å². The molecule has 0 bridgehead atoms. The number of anilines is 2. The van der Waals surface area contributed by atoms with E-state index in [9.17, 15) is 19.7 Å². The lowest BCUT2D eigenvalue weighted by molar-refractivity contribution is -0.384. The summed E-state index contributed by atoms with van der Waals surface area (Å²) < 4.78 is 5.49. The zero-order valence-corrected chi connectivity index (χ0v) is 15.9. The minimum Gasteiger partial charge on any atom is -0.423 e. The van der Waals surface area contributed by atoms with Crippen molar-refractivity contribution >= 4 is 28.9 Å². The Labute approximate surface area is 167 Å². The van der Waals surface area contributed by atoms with Gasteiger partial charge in [-0.25, -0.2) is 4.79 Å². The molecule has 2 aromatic carbocycles. The van der Waals surface area contributed by atoms with Gasteiger partial charge in [0.05, 0.1) is 16.2 Å². The van der Waals surface area contributed by atoms with Crippen molar-refractivity contribution in [2.24, 2.45) is 0 Å². The van der Waals surface area contributed by atoms with Crippen LogP contribution in [0.15, 0.2) is 42.5 Å². The molecular formula is C21H21N3O5. The highest BCUT2D eigenvalue weighted by atomic mass is 16.6. The normalized spacial score (nSPS) is 16.3. The van der Waals surface area contributed by atoms with Crippen molar-refractivity contribution in [3.63, 3.8) is 0 Å². The number of hydrogen-bond donors (Lipinski definition) is 0. The first-order valence-corrected chi connectivity index (χ1v) is 9.69. The average molecular weight is 395 g/mol. The zero-order valence-electron chi connectivity index (χ0n) is 15.9. The Morgan fingerprint density at radius 1 is 1.00 bits per heavy atom. The molecule has 2 fully saturated rings. The molecule has 0 spiro atoms. The Balaban J connectivity index is 1.56. The van der Waals surface area contributed by atoms with E-state index in [1.54, 1.807) is 35.2 Å². The number of nitro groups is 1. The number of benzene rings is 2. The molecule has 8 heteroatoms. The average Bonchev–Trinajstić information content (AvgIpc) is 3.40. The lowest BCUT2D eigenvalue weighted by Gasteiger charge is -2.20. The van der Waals surface area contributed by atoms with Gasteiger partial charge >= 0.3 is 5.97 Å². The number of nitro benzene ring substituents is 1. The summed E-state index contributed by atoms with van der Waals surface area (Å²) in [6, 6.07) is 11.0. The second kappa shape index (κ2) is 7.90. The van der Waals surface area contributed by atoms with Crippen LogP contribution in [0.1, 0.15) is 36.0 Å². The van der Waals surface area contributed by atoms with Crippen LogP contribution in [0.25, 0.3) is 0 Å². The van der Waals surface area contributed by atoms with E-state index in [4.69, 9.17) is 4.74 Å². The van der Waals surface area contributed by atoms with Gasteiger partial charge in [-0.1, -0.05) is 0 Å². The summed E-state index contributed by atoms with van der Waals surface area (Å²) in [5, 5.41) is 11.2. The Morgan fingerprint density at radius 3 is 2.34 bits per heavy atom. The number of esters is 1.